The summed E-state index contributed by atoms with van der Waals surface area (Å²) < 4.78 is 0. The van der Waals surface area contributed by atoms with Crippen LogP contribution in [0.1, 0.15) is 21.5 Å². The van der Waals surface area contributed by atoms with Crippen molar-refractivity contribution in [2.75, 3.05) is 0 Å². The first kappa shape index (κ1) is 10.7. The topological polar surface area (TPSA) is 12.9 Å². The van der Waals surface area contributed by atoms with Gasteiger partial charge in [0, 0.05) is 23.2 Å². The summed E-state index contributed by atoms with van der Waals surface area (Å²) in [5.41, 5.74) is 2.30. The van der Waals surface area contributed by atoms with Crippen molar-refractivity contribution in [3.8, 4) is 0 Å². The van der Waals surface area contributed by atoms with E-state index in [0.29, 0.717) is 0 Å². The molecule has 0 aliphatic carbocycles. The second-order valence-corrected chi connectivity index (χ2v) is 4.96. The zero-order valence-corrected chi connectivity index (χ0v) is 10.1. The molecule has 0 saturated heterocycles. The van der Waals surface area contributed by atoms with Crippen LogP contribution in [0, 0.1) is 6.92 Å². The number of rotatable bonds is 3. The molecule has 15 heavy (non-hydrogen) atoms. The zero-order valence-electron chi connectivity index (χ0n) is 8.48. The minimum Gasteiger partial charge on any atom is -0.261 e. The molecule has 0 bridgehead atoms. The minimum absolute atomic E-state index is 0.0404. The van der Waals surface area contributed by atoms with Crippen molar-refractivity contribution >= 4 is 22.9 Å². The third-order valence-corrected chi connectivity index (χ3v) is 3.85. The van der Waals surface area contributed by atoms with Crippen LogP contribution in [0.25, 0.3) is 0 Å². The molecule has 0 amide bonds. The van der Waals surface area contributed by atoms with Crippen molar-refractivity contribution in [3.63, 3.8) is 0 Å². The minimum atomic E-state index is 0.0404. The average Bonchev–Trinajstić information content (AvgIpc) is 2.74. The molecule has 0 N–H and O–H groups in total. The SMILES string of the molecule is Cc1cccnc1CC(Cl)c1cccs1. The molecule has 2 aromatic heterocycles. The van der Waals surface area contributed by atoms with Gasteiger partial charge in [-0.3, -0.25) is 4.98 Å². The number of thiophene rings is 1. The molecule has 0 aliphatic rings. The summed E-state index contributed by atoms with van der Waals surface area (Å²) in [6.07, 6.45) is 2.62. The maximum Gasteiger partial charge on any atom is 0.0733 e. The molecule has 78 valence electrons. The van der Waals surface area contributed by atoms with E-state index in [1.807, 2.05) is 18.3 Å². The van der Waals surface area contributed by atoms with Gasteiger partial charge in [0.25, 0.3) is 0 Å². The van der Waals surface area contributed by atoms with Crippen LogP contribution in [-0.4, -0.2) is 4.98 Å². The van der Waals surface area contributed by atoms with E-state index < -0.39 is 0 Å². The predicted octanol–water partition coefficient (Wildman–Crippen LogP) is 3.97. The van der Waals surface area contributed by atoms with Crippen molar-refractivity contribution < 1.29 is 0 Å². The Kier molecular flexibility index (Phi) is 3.39. The molecule has 0 radical (unpaired) electrons. The molecule has 1 atom stereocenters. The van der Waals surface area contributed by atoms with Gasteiger partial charge < -0.3 is 0 Å². The lowest BCUT2D eigenvalue weighted by Gasteiger charge is -2.08. The Morgan fingerprint density at radius 3 is 2.93 bits per heavy atom. The van der Waals surface area contributed by atoms with Crippen LogP contribution in [-0.2, 0) is 6.42 Å². The van der Waals surface area contributed by atoms with Crippen LogP contribution >= 0.6 is 22.9 Å². The molecule has 2 heterocycles. The lowest BCUT2D eigenvalue weighted by atomic mass is 10.1. The molecule has 2 rings (SSSR count). The number of hydrogen-bond acceptors (Lipinski definition) is 2. The first-order chi connectivity index (χ1) is 7.27. The van der Waals surface area contributed by atoms with E-state index >= 15 is 0 Å². The molecule has 1 nitrogen and oxygen atoms in total. The summed E-state index contributed by atoms with van der Waals surface area (Å²) >= 11 is 8.02. The fourth-order valence-corrected chi connectivity index (χ4v) is 2.55. The summed E-state index contributed by atoms with van der Waals surface area (Å²) in [7, 11) is 0. The molecule has 0 aromatic carbocycles. The Bertz CT molecular complexity index is 425. The van der Waals surface area contributed by atoms with Crippen LogP contribution in [0.3, 0.4) is 0 Å². The quantitative estimate of drug-likeness (QED) is 0.736. The molecule has 0 spiro atoms. The lowest BCUT2D eigenvalue weighted by molar-refractivity contribution is 0.884. The molecule has 0 aliphatic heterocycles. The van der Waals surface area contributed by atoms with Crippen LogP contribution in [0.5, 0.6) is 0 Å². The van der Waals surface area contributed by atoms with Crippen molar-refractivity contribution in [2.45, 2.75) is 18.7 Å². The van der Waals surface area contributed by atoms with E-state index in [-0.39, 0.29) is 5.38 Å². The number of hydrogen-bond donors (Lipinski definition) is 0. The molecule has 2 aromatic rings. The van der Waals surface area contributed by atoms with Gasteiger partial charge in [0.2, 0.25) is 0 Å². The van der Waals surface area contributed by atoms with Gasteiger partial charge in [0.1, 0.15) is 0 Å². The van der Waals surface area contributed by atoms with E-state index in [0.717, 1.165) is 12.1 Å². The fraction of sp³-hybridized carbons (Fsp3) is 0.250. The molecular formula is C12H12ClNS. The zero-order chi connectivity index (χ0) is 10.7. The number of nitrogens with zero attached hydrogens (tertiary/aromatic N) is 1. The van der Waals surface area contributed by atoms with Gasteiger partial charge >= 0.3 is 0 Å². The third kappa shape index (κ3) is 2.58. The van der Waals surface area contributed by atoms with E-state index in [1.54, 1.807) is 11.3 Å². The van der Waals surface area contributed by atoms with Crippen LogP contribution in [0.15, 0.2) is 35.8 Å². The molecular weight excluding hydrogens is 226 g/mol. The van der Waals surface area contributed by atoms with E-state index in [2.05, 4.69) is 29.4 Å². The first-order valence-corrected chi connectivity index (χ1v) is 6.17. The van der Waals surface area contributed by atoms with Crippen molar-refractivity contribution in [1.82, 2.24) is 4.98 Å². The van der Waals surface area contributed by atoms with Gasteiger partial charge in [-0.15, -0.1) is 22.9 Å². The predicted molar refractivity (Wildman–Crippen MR) is 65.6 cm³/mol. The highest BCUT2D eigenvalue weighted by atomic mass is 35.5. The molecule has 0 fully saturated rings. The van der Waals surface area contributed by atoms with Crippen LogP contribution in [0.4, 0.5) is 0 Å². The lowest BCUT2D eigenvalue weighted by Crippen LogP contribution is -1.98. The number of halogens is 1. The van der Waals surface area contributed by atoms with Gasteiger partial charge in [-0.1, -0.05) is 12.1 Å². The Morgan fingerprint density at radius 2 is 2.27 bits per heavy atom. The second kappa shape index (κ2) is 4.77. The van der Waals surface area contributed by atoms with E-state index in [9.17, 15) is 0 Å². The van der Waals surface area contributed by atoms with Crippen molar-refractivity contribution in [1.29, 1.82) is 0 Å². The smallest absolute Gasteiger partial charge is 0.0733 e. The molecule has 1 unspecified atom stereocenters. The Morgan fingerprint density at radius 1 is 1.40 bits per heavy atom. The van der Waals surface area contributed by atoms with E-state index in [4.69, 9.17) is 11.6 Å². The van der Waals surface area contributed by atoms with Crippen LogP contribution < -0.4 is 0 Å². The highest BCUT2D eigenvalue weighted by molar-refractivity contribution is 7.10. The van der Waals surface area contributed by atoms with Crippen molar-refractivity contribution in [2.24, 2.45) is 0 Å². The number of alkyl halides is 1. The van der Waals surface area contributed by atoms with Gasteiger partial charge in [0.05, 0.1) is 5.38 Å². The standard InChI is InChI=1S/C12H12ClNS/c1-9-4-2-6-14-11(9)8-10(13)12-5-3-7-15-12/h2-7,10H,8H2,1H3. The Balaban J connectivity index is 2.13. The summed E-state index contributed by atoms with van der Waals surface area (Å²) in [6, 6.07) is 8.12. The largest absolute Gasteiger partial charge is 0.261 e. The summed E-state index contributed by atoms with van der Waals surface area (Å²) in [5.74, 6) is 0. The van der Waals surface area contributed by atoms with Gasteiger partial charge in [-0.05, 0) is 30.0 Å². The average molecular weight is 238 g/mol. The number of aryl methyl sites for hydroxylation is 1. The number of aromatic nitrogens is 1. The van der Waals surface area contributed by atoms with Gasteiger partial charge in [0.15, 0.2) is 0 Å². The van der Waals surface area contributed by atoms with Crippen molar-refractivity contribution in [3.05, 3.63) is 52.0 Å². The highest BCUT2D eigenvalue weighted by Crippen LogP contribution is 2.28. The fourth-order valence-electron chi connectivity index (χ4n) is 1.47. The summed E-state index contributed by atoms with van der Waals surface area (Å²) in [6.45, 7) is 2.07. The molecule has 3 heteroatoms. The monoisotopic (exact) mass is 237 g/mol. The normalized spacial score (nSPS) is 12.7. The molecule has 0 saturated carbocycles. The Hall–Kier alpha value is -0.860. The highest BCUT2D eigenvalue weighted by Gasteiger charge is 2.11. The number of pyridine rings is 1. The first-order valence-electron chi connectivity index (χ1n) is 4.85. The Labute approximate surface area is 98.7 Å². The summed E-state index contributed by atoms with van der Waals surface area (Å²) in [5, 5.41) is 2.09. The second-order valence-electron chi connectivity index (χ2n) is 3.45. The van der Waals surface area contributed by atoms with Gasteiger partial charge in [-0.2, -0.15) is 0 Å². The maximum atomic E-state index is 6.32. The van der Waals surface area contributed by atoms with Crippen LogP contribution in [0.2, 0.25) is 0 Å². The third-order valence-electron chi connectivity index (χ3n) is 2.34. The summed E-state index contributed by atoms with van der Waals surface area (Å²) in [4.78, 5) is 5.56. The van der Waals surface area contributed by atoms with E-state index in [1.165, 1.54) is 10.4 Å². The van der Waals surface area contributed by atoms with Gasteiger partial charge in [-0.25, -0.2) is 0 Å². The maximum absolute atomic E-state index is 6.32.